The van der Waals surface area contributed by atoms with E-state index in [2.05, 4.69) is 20.5 Å². The van der Waals surface area contributed by atoms with Crippen LogP contribution in [0.1, 0.15) is 28.9 Å². The van der Waals surface area contributed by atoms with Crippen molar-refractivity contribution in [3.63, 3.8) is 0 Å². The quantitative estimate of drug-likeness (QED) is 0.799. The van der Waals surface area contributed by atoms with E-state index in [1.165, 1.54) is 0 Å². The van der Waals surface area contributed by atoms with E-state index in [1.54, 1.807) is 12.4 Å². The SMILES string of the molecule is CC(NC(=O)c1cncc(NCCN2CCOCC2)c1)c1ccccc1. The van der Waals surface area contributed by atoms with Gasteiger partial charge in [0.1, 0.15) is 0 Å². The smallest absolute Gasteiger partial charge is 0.253 e. The summed E-state index contributed by atoms with van der Waals surface area (Å²) in [6, 6.07) is 11.7. The Morgan fingerprint density at radius 3 is 2.77 bits per heavy atom. The molecule has 2 N–H and O–H groups in total. The van der Waals surface area contributed by atoms with Crippen molar-refractivity contribution in [1.82, 2.24) is 15.2 Å². The lowest BCUT2D eigenvalue weighted by atomic mass is 10.1. The minimum atomic E-state index is -0.120. The summed E-state index contributed by atoms with van der Waals surface area (Å²) in [6.07, 6.45) is 3.34. The highest BCUT2D eigenvalue weighted by molar-refractivity contribution is 5.94. The second kappa shape index (κ2) is 9.31. The highest BCUT2D eigenvalue weighted by atomic mass is 16.5. The number of hydrogen-bond donors (Lipinski definition) is 2. The van der Waals surface area contributed by atoms with E-state index in [0.717, 1.165) is 50.6 Å². The molecule has 138 valence electrons. The first kappa shape index (κ1) is 18.4. The molecule has 1 unspecified atom stereocenters. The average Bonchev–Trinajstić information content (AvgIpc) is 2.69. The van der Waals surface area contributed by atoms with Gasteiger partial charge in [-0.3, -0.25) is 14.7 Å². The van der Waals surface area contributed by atoms with E-state index < -0.39 is 0 Å². The monoisotopic (exact) mass is 354 g/mol. The fourth-order valence-corrected chi connectivity index (χ4v) is 2.95. The van der Waals surface area contributed by atoms with Gasteiger partial charge in [-0.1, -0.05) is 30.3 Å². The standard InChI is InChI=1S/C20H26N4O2/c1-16(17-5-3-2-4-6-17)23-20(25)18-13-19(15-21-14-18)22-7-8-24-9-11-26-12-10-24/h2-6,13-16,22H,7-12H2,1H3,(H,23,25). The van der Waals surface area contributed by atoms with Gasteiger partial charge in [0.05, 0.1) is 30.5 Å². The maximum absolute atomic E-state index is 12.5. The van der Waals surface area contributed by atoms with E-state index in [4.69, 9.17) is 4.74 Å². The molecule has 1 amide bonds. The van der Waals surface area contributed by atoms with Crippen molar-refractivity contribution >= 4 is 11.6 Å². The number of ether oxygens (including phenoxy) is 1. The van der Waals surface area contributed by atoms with Crippen LogP contribution in [0.25, 0.3) is 0 Å². The van der Waals surface area contributed by atoms with E-state index in [-0.39, 0.29) is 11.9 Å². The molecule has 1 aliphatic rings. The van der Waals surface area contributed by atoms with Gasteiger partial charge in [-0.15, -0.1) is 0 Å². The van der Waals surface area contributed by atoms with E-state index in [0.29, 0.717) is 5.56 Å². The summed E-state index contributed by atoms with van der Waals surface area (Å²) in [4.78, 5) is 19.1. The lowest BCUT2D eigenvalue weighted by Gasteiger charge is -2.26. The predicted molar refractivity (Wildman–Crippen MR) is 102 cm³/mol. The van der Waals surface area contributed by atoms with Gasteiger partial charge in [0, 0.05) is 38.6 Å². The zero-order valence-corrected chi connectivity index (χ0v) is 15.1. The Labute approximate surface area is 154 Å². The Morgan fingerprint density at radius 1 is 1.23 bits per heavy atom. The molecule has 1 fully saturated rings. The van der Waals surface area contributed by atoms with Gasteiger partial charge in [-0.2, -0.15) is 0 Å². The predicted octanol–water partition coefficient (Wildman–Crippen LogP) is 2.32. The molecule has 26 heavy (non-hydrogen) atoms. The average molecular weight is 354 g/mol. The molecule has 6 heteroatoms. The summed E-state index contributed by atoms with van der Waals surface area (Å²) in [6.45, 7) is 7.29. The van der Waals surface area contributed by atoms with Crippen molar-refractivity contribution in [2.45, 2.75) is 13.0 Å². The van der Waals surface area contributed by atoms with Crippen LogP contribution in [-0.4, -0.2) is 55.2 Å². The van der Waals surface area contributed by atoms with Crippen molar-refractivity contribution < 1.29 is 9.53 Å². The van der Waals surface area contributed by atoms with Gasteiger partial charge in [-0.25, -0.2) is 0 Å². The Hall–Kier alpha value is -2.44. The molecular formula is C20H26N4O2. The fraction of sp³-hybridized carbons (Fsp3) is 0.400. The fourth-order valence-electron chi connectivity index (χ4n) is 2.95. The van der Waals surface area contributed by atoms with Crippen molar-refractivity contribution in [3.05, 3.63) is 59.9 Å². The summed E-state index contributed by atoms with van der Waals surface area (Å²) < 4.78 is 5.35. The molecule has 3 rings (SSSR count). The zero-order valence-electron chi connectivity index (χ0n) is 15.1. The topological polar surface area (TPSA) is 66.5 Å². The van der Waals surface area contributed by atoms with Gasteiger partial charge >= 0.3 is 0 Å². The second-order valence-electron chi connectivity index (χ2n) is 6.45. The number of carbonyl (C=O) groups excluding carboxylic acids is 1. The molecular weight excluding hydrogens is 328 g/mol. The Kier molecular flexibility index (Phi) is 6.57. The largest absolute Gasteiger partial charge is 0.382 e. The summed E-state index contributed by atoms with van der Waals surface area (Å²) in [5.74, 6) is -0.120. The third-order valence-electron chi connectivity index (χ3n) is 4.51. The summed E-state index contributed by atoms with van der Waals surface area (Å²) in [7, 11) is 0. The first-order valence-corrected chi connectivity index (χ1v) is 9.07. The molecule has 0 bridgehead atoms. The highest BCUT2D eigenvalue weighted by Crippen LogP contribution is 2.14. The van der Waals surface area contributed by atoms with Crippen LogP contribution in [0.5, 0.6) is 0 Å². The molecule has 0 saturated carbocycles. The number of amides is 1. The molecule has 0 spiro atoms. The van der Waals surface area contributed by atoms with Crippen LogP contribution in [0.3, 0.4) is 0 Å². The third kappa shape index (κ3) is 5.28. The van der Waals surface area contributed by atoms with Gasteiger partial charge in [0.2, 0.25) is 0 Å². The molecule has 0 aliphatic carbocycles. The number of pyridine rings is 1. The summed E-state index contributed by atoms with van der Waals surface area (Å²) in [5, 5.41) is 6.37. The number of rotatable bonds is 7. The van der Waals surface area contributed by atoms with Crippen molar-refractivity contribution in [2.75, 3.05) is 44.7 Å². The second-order valence-corrected chi connectivity index (χ2v) is 6.45. The van der Waals surface area contributed by atoms with Gasteiger partial charge in [0.15, 0.2) is 0 Å². The van der Waals surface area contributed by atoms with Gasteiger partial charge in [0.25, 0.3) is 5.91 Å². The minimum absolute atomic E-state index is 0.0540. The first-order chi connectivity index (χ1) is 12.7. The molecule has 6 nitrogen and oxygen atoms in total. The van der Waals surface area contributed by atoms with Crippen LogP contribution in [0.4, 0.5) is 5.69 Å². The molecule has 1 saturated heterocycles. The van der Waals surface area contributed by atoms with Crippen LogP contribution in [0.2, 0.25) is 0 Å². The molecule has 1 atom stereocenters. The Morgan fingerprint density at radius 2 is 2.00 bits per heavy atom. The van der Waals surface area contributed by atoms with Crippen LogP contribution >= 0.6 is 0 Å². The minimum Gasteiger partial charge on any atom is -0.382 e. The molecule has 1 aromatic heterocycles. The van der Waals surface area contributed by atoms with Crippen LogP contribution < -0.4 is 10.6 Å². The number of morpholine rings is 1. The highest BCUT2D eigenvalue weighted by Gasteiger charge is 2.13. The van der Waals surface area contributed by atoms with Gasteiger partial charge in [-0.05, 0) is 18.6 Å². The number of aromatic nitrogens is 1. The summed E-state index contributed by atoms with van der Waals surface area (Å²) in [5.41, 5.74) is 2.50. The molecule has 1 aliphatic heterocycles. The van der Waals surface area contributed by atoms with Crippen molar-refractivity contribution in [2.24, 2.45) is 0 Å². The number of nitrogens with zero attached hydrogens (tertiary/aromatic N) is 2. The van der Waals surface area contributed by atoms with Crippen molar-refractivity contribution in [1.29, 1.82) is 0 Å². The number of nitrogens with one attached hydrogen (secondary N) is 2. The van der Waals surface area contributed by atoms with Gasteiger partial charge < -0.3 is 15.4 Å². The van der Waals surface area contributed by atoms with E-state index in [9.17, 15) is 4.79 Å². The number of carbonyl (C=O) groups is 1. The molecule has 0 radical (unpaired) electrons. The first-order valence-electron chi connectivity index (χ1n) is 9.07. The third-order valence-corrected chi connectivity index (χ3v) is 4.51. The maximum Gasteiger partial charge on any atom is 0.253 e. The molecule has 2 aromatic rings. The van der Waals surface area contributed by atoms with Crippen molar-refractivity contribution in [3.8, 4) is 0 Å². The number of hydrogen-bond acceptors (Lipinski definition) is 5. The number of anilines is 1. The van der Waals surface area contributed by atoms with Crippen LogP contribution in [0.15, 0.2) is 48.8 Å². The summed E-state index contributed by atoms with van der Waals surface area (Å²) >= 11 is 0. The molecule has 2 heterocycles. The Balaban J connectivity index is 1.51. The lowest BCUT2D eigenvalue weighted by molar-refractivity contribution is 0.0398. The van der Waals surface area contributed by atoms with E-state index in [1.807, 2.05) is 43.3 Å². The normalized spacial score (nSPS) is 16.0. The molecule has 1 aromatic carbocycles. The maximum atomic E-state index is 12.5. The van der Waals surface area contributed by atoms with Crippen LogP contribution in [-0.2, 0) is 4.74 Å². The van der Waals surface area contributed by atoms with E-state index >= 15 is 0 Å². The lowest BCUT2D eigenvalue weighted by Crippen LogP contribution is -2.39. The number of benzene rings is 1. The zero-order chi connectivity index (χ0) is 18.2. The Bertz CT molecular complexity index is 702. The van der Waals surface area contributed by atoms with Crippen LogP contribution in [0, 0.1) is 0 Å².